The Balaban J connectivity index is 3.27. The van der Waals surface area contributed by atoms with Crippen LogP contribution in [0.1, 0.15) is 17.3 Å². The van der Waals surface area contributed by atoms with Crippen molar-refractivity contribution in [2.75, 3.05) is 19.0 Å². The summed E-state index contributed by atoms with van der Waals surface area (Å²) in [5.74, 6) is -1.56. The lowest BCUT2D eigenvalue weighted by molar-refractivity contribution is 0.0601. The third-order valence-electron chi connectivity index (χ3n) is 1.75. The third kappa shape index (κ3) is 2.34. The molecule has 0 saturated heterocycles. The molecule has 2 N–H and O–H groups in total. The van der Waals surface area contributed by atoms with Gasteiger partial charge in [0.25, 0.3) is 5.56 Å². The van der Waals surface area contributed by atoms with Gasteiger partial charge in [0.2, 0.25) is 0 Å². The number of H-pyrrole nitrogens is 1. The van der Waals surface area contributed by atoms with Gasteiger partial charge in [0, 0.05) is 6.54 Å². The van der Waals surface area contributed by atoms with E-state index in [-0.39, 0.29) is 11.4 Å². The van der Waals surface area contributed by atoms with Crippen molar-refractivity contribution < 1.29 is 13.9 Å². The Morgan fingerprint density at radius 3 is 2.87 bits per heavy atom. The fourth-order valence-electron chi connectivity index (χ4n) is 1.09. The van der Waals surface area contributed by atoms with Gasteiger partial charge >= 0.3 is 5.97 Å². The number of aromatic amines is 1. The summed E-state index contributed by atoms with van der Waals surface area (Å²) in [6, 6.07) is 0.850. The molecule has 0 aliphatic carbocycles. The predicted molar refractivity (Wildman–Crippen MR) is 52.5 cm³/mol. The molecule has 0 saturated carbocycles. The van der Waals surface area contributed by atoms with Crippen LogP contribution in [0.2, 0.25) is 0 Å². The lowest BCUT2D eigenvalue weighted by atomic mass is 10.2. The summed E-state index contributed by atoms with van der Waals surface area (Å²) in [6.07, 6.45) is 0. The van der Waals surface area contributed by atoms with E-state index in [1.807, 2.05) is 0 Å². The molecule has 82 valence electrons. The molecule has 6 heteroatoms. The number of hydrogen-bond acceptors (Lipinski definition) is 4. The van der Waals surface area contributed by atoms with Crippen molar-refractivity contribution in [2.24, 2.45) is 0 Å². The number of carbonyl (C=O) groups excluding carboxylic acids is 1. The second kappa shape index (κ2) is 4.59. The molecule has 1 rings (SSSR count). The fraction of sp³-hybridized carbons (Fsp3) is 0.333. The molecule has 15 heavy (non-hydrogen) atoms. The van der Waals surface area contributed by atoms with Crippen LogP contribution in [-0.4, -0.2) is 24.6 Å². The number of carbonyl (C=O) groups is 1. The van der Waals surface area contributed by atoms with Crippen LogP contribution in [0.4, 0.5) is 10.2 Å². The predicted octanol–water partition coefficient (Wildman–Crippen LogP) is 0.732. The van der Waals surface area contributed by atoms with Gasteiger partial charge in [-0.3, -0.25) is 4.79 Å². The van der Waals surface area contributed by atoms with Crippen molar-refractivity contribution in [3.63, 3.8) is 0 Å². The molecule has 1 aromatic rings. The molecule has 0 atom stereocenters. The Bertz CT molecular complexity index is 428. The highest BCUT2D eigenvalue weighted by atomic mass is 19.1. The SMILES string of the molecule is CCNc1[nH]c(=O)c(F)cc1C(=O)OC. The monoisotopic (exact) mass is 214 g/mol. The summed E-state index contributed by atoms with van der Waals surface area (Å²) in [5, 5.41) is 2.74. The maximum absolute atomic E-state index is 12.9. The minimum absolute atomic E-state index is 0.0311. The second-order valence-corrected chi connectivity index (χ2v) is 2.76. The van der Waals surface area contributed by atoms with Gasteiger partial charge in [-0.15, -0.1) is 0 Å². The van der Waals surface area contributed by atoms with Gasteiger partial charge in [-0.1, -0.05) is 0 Å². The standard InChI is InChI=1S/C9H11FN2O3/c1-3-11-7-5(9(14)15-2)4-6(10)8(13)12-7/h4H,3H2,1-2H3,(H2,11,12,13). The topological polar surface area (TPSA) is 71.2 Å². The first-order valence-corrected chi connectivity index (χ1v) is 4.35. The van der Waals surface area contributed by atoms with E-state index in [2.05, 4.69) is 15.0 Å². The molecule has 0 bridgehead atoms. The highest BCUT2D eigenvalue weighted by Gasteiger charge is 2.15. The Kier molecular flexibility index (Phi) is 3.43. The number of ether oxygens (including phenoxy) is 1. The highest BCUT2D eigenvalue weighted by molar-refractivity contribution is 5.94. The van der Waals surface area contributed by atoms with Gasteiger partial charge in [-0.05, 0) is 13.0 Å². The number of nitrogens with one attached hydrogen (secondary N) is 2. The normalized spacial score (nSPS) is 9.80. The molecule has 0 amide bonds. The zero-order valence-corrected chi connectivity index (χ0v) is 8.39. The van der Waals surface area contributed by atoms with Crippen molar-refractivity contribution in [2.45, 2.75) is 6.92 Å². The number of hydrogen-bond donors (Lipinski definition) is 2. The number of methoxy groups -OCH3 is 1. The second-order valence-electron chi connectivity index (χ2n) is 2.76. The van der Waals surface area contributed by atoms with E-state index in [1.165, 1.54) is 7.11 Å². The van der Waals surface area contributed by atoms with Crippen LogP contribution in [0.15, 0.2) is 10.9 Å². The Hall–Kier alpha value is -1.85. The maximum atomic E-state index is 12.9. The molecule has 1 aromatic heterocycles. The third-order valence-corrected chi connectivity index (χ3v) is 1.75. The average Bonchev–Trinajstić information content (AvgIpc) is 2.22. The smallest absolute Gasteiger partial charge is 0.341 e. The summed E-state index contributed by atoms with van der Waals surface area (Å²) in [5.41, 5.74) is -0.907. The first kappa shape index (κ1) is 11.2. The van der Waals surface area contributed by atoms with Crippen LogP contribution in [0.25, 0.3) is 0 Å². The van der Waals surface area contributed by atoms with E-state index in [9.17, 15) is 14.0 Å². The fourth-order valence-corrected chi connectivity index (χ4v) is 1.09. The van der Waals surface area contributed by atoms with Crippen LogP contribution in [0, 0.1) is 5.82 Å². The zero-order valence-electron chi connectivity index (χ0n) is 8.39. The van der Waals surface area contributed by atoms with Crippen molar-refractivity contribution in [3.05, 3.63) is 27.8 Å². The van der Waals surface area contributed by atoms with Crippen LogP contribution in [0.5, 0.6) is 0 Å². The molecular formula is C9H11FN2O3. The molecule has 1 heterocycles. The number of halogens is 1. The molecule has 0 fully saturated rings. The Morgan fingerprint density at radius 2 is 2.33 bits per heavy atom. The van der Waals surface area contributed by atoms with Gasteiger partial charge in [0.05, 0.1) is 7.11 Å². The van der Waals surface area contributed by atoms with Crippen LogP contribution < -0.4 is 10.9 Å². The van der Waals surface area contributed by atoms with Crippen molar-refractivity contribution in [1.29, 1.82) is 0 Å². The van der Waals surface area contributed by atoms with Gasteiger partial charge in [-0.25, -0.2) is 9.18 Å². The molecule has 0 radical (unpaired) electrons. The van der Waals surface area contributed by atoms with E-state index >= 15 is 0 Å². The quantitative estimate of drug-likeness (QED) is 0.728. The highest BCUT2D eigenvalue weighted by Crippen LogP contribution is 2.11. The van der Waals surface area contributed by atoms with E-state index in [4.69, 9.17) is 0 Å². The molecule has 0 unspecified atom stereocenters. The summed E-state index contributed by atoms with van der Waals surface area (Å²) in [6.45, 7) is 2.27. The minimum atomic E-state index is -1.02. The largest absolute Gasteiger partial charge is 0.465 e. The van der Waals surface area contributed by atoms with Crippen LogP contribution in [-0.2, 0) is 4.74 Å². The first-order valence-electron chi connectivity index (χ1n) is 4.35. The van der Waals surface area contributed by atoms with E-state index in [0.29, 0.717) is 6.54 Å². The minimum Gasteiger partial charge on any atom is -0.465 e. The summed E-state index contributed by atoms with van der Waals surface area (Å²) >= 11 is 0. The van der Waals surface area contributed by atoms with Gasteiger partial charge < -0.3 is 15.0 Å². The summed E-state index contributed by atoms with van der Waals surface area (Å²) in [4.78, 5) is 24.4. The van der Waals surface area contributed by atoms with Gasteiger partial charge in [0.1, 0.15) is 11.4 Å². The number of aromatic nitrogens is 1. The Morgan fingerprint density at radius 1 is 1.67 bits per heavy atom. The zero-order chi connectivity index (χ0) is 11.4. The molecule has 0 aromatic carbocycles. The van der Waals surface area contributed by atoms with E-state index in [1.54, 1.807) is 6.92 Å². The number of rotatable bonds is 3. The van der Waals surface area contributed by atoms with Crippen molar-refractivity contribution in [1.82, 2.24) is 4.98 Å². The summed E-state index contributed by atoms with van der Waals surface area (Å²) < 4.78 is 17.4. The van der Waals surface area contributed by atoms with Crippen LogP contribution in [0.3, 0.4) is 0 Å². The van der Waals surface area contributed by atoms with E-state index in [0.717, 1.165) is 6.07 Å². The number of esters is 1. The van der Waals surface area contributed by atoms with Gasteiger partial charge in [-0.2, -0.15) is 0 Å². The Labute approximate surface area is 85.3 Å². The van der Waals surface area contributed by atoms with Gasteiger partial charge in [0.15, 0.2) is 5.82 Å². The van der Waals surface area contributed by atoms with E-state index < -0.39 is 17.3 Å². The number of anilines is 1. The number of pyridine rings is 1. The lowest BCUT2D eigenvalue weighted by Gasteiger charge is -2.08. The molecular weight excluding hydrogens is 203 g/mol. The molecule has 0 spiro atoms. The summed E-state index contributed by atoms with van der Waals surface area (Å²) in [7, 11) is 1.18. The van der Waals surface area contributed by atoms with Crippen molar-refractivity contribution >= 4 is 11.8 Å². The molecule has 0 aliphatic rings. The maximum Gasteiger partial charge on any atom is 0.341 e. The average molecular weight is 214 g/mol. The molecule has 5 nitrogen and oxygen atoms in total. The molecule has 0 aliphatic heterocycles. The lowest BCUT2D eigenvalue weighted by Crippen LogP contribution is -2.18. The first-order chi connectivity index (χ1) is 7.10. The van der Waals surface area contributed by atoms with Crippen molar-refractivity contribution in [3.8, 4) is 0 Å². The van der Waals surface area contributed by atoms with Crippen LogP contribution >= 0.6 is 0 Å².